The Morgan fingerprint density at radius 3 is 2.89 bits per heavy atom. The molecule has 2 aromatic rings. The molecule has 0 amide bonds. The van der Waals surface area contributed by atoms with Crippen LogP contribution in [0.5, 0.6) is 11.6 Å². The highest BCUT2D eigenvalue weighted by Gasteiger charge is 2.12. The molecule has 0 saturated heterocycles. The molecule has 0 atom stereocenters. The first-order valence-electron chi connectivity index (χ1n) is 5.67. The lowest BCUT2D eigenvalue weighted by molar-refractivity contribution is -0.384. The number of aryl methyl sites for hydroxylation is 1. The van der Waals surface area contributed by atoms with Crippen LogP contribution < -0.4 is 10.1 Å². The van der Waals surface area contributed by atoms with Gasteiger partial charge in [-0.2, -0.15) is 10.1 Å². The van der Waals surface area contributed by atoms with Gasteiger partial charge in [-0.3, -0.25) is 14.8 Å². The van der Waals surface area contributed by atoms with E-state index in [1.165, 1.54) is 18.3 Å². The number of hydrogen-bond donors (Lipinski definition) is 1. The lowest BCUT2D eigenvalue weighted by atomic mass is 10.4. The molecule has 0 aromatic carbocycles. The molecule has 100 valence electrons. The summed E-state index contributed by atoms with van der Waals surface area (Å²) in [7, 11) is 1.63. The molecular weight excluding hydrogens is 250 g/mol. The van der Waals surface area contributed by atoms with E-state index in [1.54, 1.807) is 17.9 Å². The standard InChI is InChI=1S/C11H13N5O3/c1-3-15-7-9(6-13-15)19-11-5-8(16(17)18)4-10(12-2)14-11/h4-7H,3H2,1-2H3,(H,12,14). The van der Waals surface area contributed by atoms with Gasteiger partial charge in [-0.25, -0.2) is 0 Å². The first kappa shape index (κ1) is 12.8. The minimum atomic E-state index is -0.495. The number of nitrogens with zero attached hydrogens (tertiary/aromatic N) is 4. The Kier molecular flexibility index (Phi) is 3.60. The zero-order valence-corrected chi connectivity index (χ0v) is 10.5. The van der Waals surface area contributed by atoms with Crippen LogP contribution in [0.1, 0.15) is 6.92 Å². The summed E-state index contributed by atoms with van der Waals surface area (Å²) in [5, 5.41) is 17.6. The average molecular weight is 263 g/mol. The van der Waals surface area contributed by atoms with Gasteiger partial charge < -0.3 is 10.1 Å². The molecule has 0 aliphatic rings. The van der Waals surface area contributed by atoms with E-state index in [0.717, 1.165) is 0 Å². The Bertz CT molecular complexity index is 596. The number of nitro groups is 1. The summed E-state index contributed by atoms with van der Waals surface area (Å²) in [4.78, 5) is 14.4. The van der Waals surface area contributed by atoms with E-state index in [-0.39, 0.29) is 11.6 Å². The lowest BCUT2D eigenvalue weighted by Gasteiger charge is -2.04. The quantitative estimate of drug-likeness (QED) is 0.655. The van der Waals surface area contributed by atoms with Crippen LogP contribution in [-0.4, -0.2) is 26.7 Å². The lowest BCUT2D eigenvalue weighted by Crippen LogP contribution is -1.98. The molecular formula is C11H13N5O3. The van der Waals surface area contributed by atoms with Crippen molar-refractivity contribution < 1.29 is 9.66 Å². The molecule has 0 radical (unpaired) electrons. The van der Waals surface area contributed by atoms with Gasteiger partial charge in [-0.05, 0) is 6.92 Å². The third-order valence-corrected chi connectivity index (χ3v) is 2.41. The molecule has 0 saturated carbocycles. The molecule has 2 rings (SSSR count). The third-order valence-electron chi connectivity index (χ3n) is 2.41. The highest BCUT2D eigenvalue weighted by molar-refractivity contribution is 5.48. The zero-order valence-electron chi connectivity index (χ0n) is 10.5. The molecule has 8 heteroatoms. The van der Waals surface area contributed by atoms with Crippen molar-refractivity contribution in [2.45, 2.75) is 13.5 Å². The van der Waals surface area contributed by atoms with Crippen molar-refractivity contribution in [3.05, 3.63) is 34.6 Å². The number of nitrogens with one attached hydrogen (secondary N) is 1. The Labute approximate surface area is 109 Å². The summed E-state index contributed by atoms with van der Waals surface area (Å²) in [6.07, 6.45) is 3.22. The van der Waals surface area contributed by atoms with Gasteiger partial charge in [0.2, 0.25) is 5.88 Å². The molecule has 1 N–H and O–H groups in total. The van der Waals surface area contributed by atoms with Gasteiger partial charge in [0.1, 0.15) is 5.82 Å². The summed E-state index contributed by atoms with van der Waals surface area (Å²) in [6, 6.07) is 2.60. The van der Waals surface area contributed by atoms with E-state index in [2.05, 4.69) is 15.4 Å². The molecule has 19 heavy (non-hydrogen) atoms. The average Bonchev–Trinajstić information content (AvgIpc) is 2.85. The summed E-state index contributed by atoms with van der Waals surface area (Å²) >= 11 is 0. The van der Waals surface area contributed by atoms with Crippen LogP contribution >= 0.6 is 0 Å². The second-order valence-corrected chi connectivity index (χ2v) is 3.69. The van der Waals surface area contributed by atoms with Gasteiger partial charge in [0.25, 0.3) is 5.69 Å². The van der Waals surface area contributed by atoms with E-state index >= 15 is 0 Å². The fourth-order valence-electron chi connectivity index (χ4n) is 1.47. The maximum atomic E-state index is 10.8. The molecule has 2 aromatic heterocycles. The van der Waals surface area contributed by atoms with Crippen molar-refractivity contribution in [3.63, 3.8) is 0 Å². The van der Waals surface area contributed by atoms with Crippen LogP contribution in [0, 0.1) is 10.1 Å². The van der Waals surface area contributed by atoms with Crippen LogP contribution in [0.15, 0.2) is 24.5 Å². The SMILES string of the molecule is CCn1cc(Oc2cc([N+](=O)[O-])cc(NC)n2)cn1. The summed E-state index contributed by atoms with van der Waals surface area (Å²) in [5.41, 5.74) is -0.0859. The maximum Gasteiger partial charge on any atom is 0.278 e. The Hall–Kier alpha value is -2.64. The Morgan fingerprint density at radius 1 is 1.53 bits per heavy atom. The first-order chi connectivity index (χ1) is 9.12. The van der Waals surface area contributed by atoms with Crippen molar-refractivity contribution in [2.24, 2.45) is 0 Å². The summed E-state index contributed by atoms with van der Waals surface area (Å²) < 4.78 is 7.14. The maximum absolute atomic E-state index is 10.8. The summed E-state index contributed by atoms with van der Waals surface area (Å²) in [5.74, 6) is 0.998. The molecule has 0 bridgehead atoms. The molecule has 0 aliphatic heterocycles. The fraction of sp³-hybridized carbons (Fsp3) is 0.273. The fourth-order valence-corrected chi connectivity index (χ4v) is 1.47. The van der Waals surface area contributed by atoms with Crippen molar-refractivity contribution in [3.8, 4) is 11.6 Å². The number of aromatic nitrogens is 3. The van der Waals surface area contributed by atoms with E-state index in [1.807, 2.05) is 6.92 Å². The first-order valence-corrected chi connectivity index (χ1v) is 5.67. The number of anilines is 1. The van der Waals surface area contributed by atoms with Gasteiger partial charge in [-0.15, -0.1) is 0 Å². The number of rotatable bonds is 5. The van der Waals surface area contributed by atoms with E-state index in [4.69, 9.17) is 4.74 Å². The predicted octanol–water partition coefficient (Wildman–Crippen LogP) is 2.04. The van der Waals surface area contributed by atoms with Crippen molar-refractivity contribution in [2.75, 3.05) is 12.4 Å². The van der Waals surface area contributed by atoms with Crippen molar-refractivity contribution >= 4 is 11.5 Å². The highest BCUT2D eigenvalue weighted by Crippen LogP contribution is 2.25. The van der Waals surface area contributed by atoms with Gasteiger partial charge >= 0.3 is 0 Å². The summed E-state index contributed by atoms with van der Waals surface area (Å²) in [6.45, 7) is 2.66. The van der Waals surface area contributed by atoms with E-state index in [0.29, 0.717) is 18.1 Å². The largest absolute Gasteiger partial charge is 0.435 e. The van der Waals surface area contributed by atoms with Gasteiger partial charge in [0.05, 0.1) is 29.4 Å². The zero-order chi connectivity index (χ0) is 13.8. The van der Waals surface area contributed by atoms with Crippen molar-refractivity contribution in [1.29, 1.82) is 0 Å². The molecule has 0 aliphatic carbocycles. The minimum Gasteiger partial charge on any atom is -0.435 e. The number of ether oxygens (including phenoxy) is 1. The van der Waals surface area contributed by atoms with Crippen molar-refractivity contribution in [1.82, 2.24) is 14.8 Å². The van der Waals surface area contributed by atoms with E-state index < -0.39 is 4.92 Å². The molecule has 0 unspecified atom stereocenters. The smallest absolute Gasteiger partial charge is 0.278 e. The minimum absolute atomic E-state index is 0.0859. The second kappa shape index (κ2) is 5.34. The van der Waals surface area contributed by atoms with Crippen LogP contribution in [0.25, 0.3) is 0 Å². The van der Waals surface area contributed by atoms with Crippen LogP contribution in [0.2, 0.25) is 0 Å². The topological polar surface area (TPSA) is 95.1 Å². The molecule has 0 spiro atoms. The number of hydrogen-bond acceptors (Lipinski definition) is 6. The monoisotopic (exact) mass is 263 g/mol. The molecule has 8 nitrogen and oxygen atoms in total. The highest BCUT2D eigenvalue weighted by atomic mass is 16.6. The van der Waals surface area contributed by atoms with Crippen LogP contribution in [0.3, 0.4) is 0 Å². The third kappa shape index (κ3) is 2.97. The van der Waals surface area contributed by atoms with Gasteiger partial charge in [-0.1, -0.05) is 0 Å². The number of pyridine rings is 1. The Balaban J connectivity index is 2.28. The Morgan fingerprint density at radius 2 is 2.32 bits per heavy atom. The van der Waals surface area contributed by atoms with Gasteiger partial charge in [0, 0.05) is 13.6 Å². The van der Waals surface area contributed by atoms with Crippen LogP contribution in [0.4, 0.5) is 11.5 Å². The second-order valence-electron chi connectivity index (χ2n) is 3.69. The molecule has 2 heterocycles. The van der Waals surface area contributed by atoms with E-state index in [9.17, 15) is 10.1 Å². The van der Waals surface area contributed by atoms with Crippen LogP contribution in [-0.2, 0) is 6.54 Å². The van der Waals surface area contributed by atoms with Gasteiger partial charge in [0.15, 0.2) is 5.75 Å². The normalized spacial score (nSPS) is 10.2. The molecule has 0 fully saturated rings. The predicted molar refractivity (Wildman–Crippen MR) is 68.4 cm³/mol.